The third-order valence-electron chi connectivity index (χ3n) is 2.90. The summed E-state index contributed by atoms with van der Waals surface area (Å²) >= 11 is 0. The minimum absolute atomic E-state index is 0.0240. The Bertz CT molecular complexity index is 271. The van der Waals surface area contributed by atoms with E-state index in [1.165, 1.54) is 17.7 Å². The van der Waals surface area contributed by atoms with Gasteiger partial charge in [-0.1, -0.05) is 31.1 Å². The van der Waals surface area contributed by atoms with Crippen molar-refractivity contribution in [3.63, 3.8) is 0 Å². The summed E-state index contributed by atoms with van der Waals surface area (Å²) < 4.78 is 0. The standard InChI is InChI=1S/C14H25NO2/c1-6-9-11-13(12(8-3)10-7-2)14(16)15(4)17-5/h6,8,13H,1,7,9-11H2,2-5H3/b12-8+. The molecule has 0 aromatic rings. The average molecular weight is 239 g/mol. The lowest BCUT2D eigenvalue weighted by atomic mass is 9.90. The molecular formula is C14H25NO2. The maximum absolute atomic E-state index is 12.2. The molecule has 98 valence electrons. The van der Waals surface area contributed by atoms with Crippen molar-refractivity contribution in [2.24, 2.45) is 5.92 Å². The summed E-state index contributed by atoms with van der Waals surface area (Å²) in [6.07, 6.45) is 7.56. The molecule has 0 N–H and O–H groups in total. The smallest absolute Gasteiger partial charge is 0.253 e. The molecule has 0 saturated heterocycles. The molecule has 0 radical (unpaired) electrons. The first-order valence-corrected chi connectivity index (χ1v) is 6.19. The zero-order valence-corrected chi connectivity index (χ0v) is 11.5. The van der Waals surface area contributed by atoms with Crippen LogP contribution in [-0.4, -0.2) is 25.1 Å². The van der Waals surface area contributed by atoms with Gasteiger partial charge in [-0.15, -0.1) is 6.58 Å². The van der Waals surface area contributed by atoms with E-state index in [1.54, 1.807) is 7.05 Å². The molecule has 3 nitrogen and oxygen atoms in total. The predicted molar refractivity (Wildman–Crippen MR) is 71.4 cm³/mol. The van der Waals surface area contributed by atoms with E-state index in [0.29, 0.717) is 0 Å². The second-order valence-electron chi connectivity index (χ2n) is 4.05. The highest BCUT2D eigenvalue weighted by Gasteiger charge is 2.24. The lowest BCUT2D eigenvalue weighted by molar-refractivity contribution is -0.172. The maximum Gasteiger partial charge on any atom is 0.253 e. The van der Waals surface area contributed by atoms with E-state index in [9.17, 15) is 4.79 Å². The second kappa shape index (κ2) is 8.99. The quantitative estimate of drug-likeness (QED) is 0.480. The Balaban J connectivity index is 4.83. The average Bonchev–Trinajstić information content (AvgIpc) is 2.36. The zero-order chi connectivity index (χ0) is 13.3. The van der Waals surface area contributed by atoms with E-state index in [4.69, 9.17) is 4.84 Å². The molecule has 1 unspecified atom stereocenters. The number of nitrogens with zero attached hydrogens (tertiary/aromatic N) is 1. The Morgan fingerprint density at radius 1 is 1.53 bits per heavy atom. The van der Waals surface area contributed by atoms with Crippen molar-refractivity contribution in [2.75, 3.05) is 14.2 Å². The first-order chi connectivity index (χ1) is 8.12. The molecule has 0 aromatic carbocycles. The van der Waals surface area contributed by atoms with Gasteiger partial charge in [0, 0.05) is 7.05 Å². The van der Waals surface area contributed by atoms with Crippen LogP contribution in [0.1, 0.15) is 39.5 Å². The molecule has 0 fully saturated rings. The van der Waals surface area contributed by atoms with Crippen LogP contribution in [0, 0.1) is 5.92 Å². The van der Waals surface area contributed by atoms with Crippen molar-refractivity contribution in [1.82, 2.24) is 5.06 Å². The topological polar surface area (TPSA) is 29.5 Å². The number of amides is 1. The molecule has 0 aliphatic carbocycles. The number of carbonyl (C=O) groups is 1. The number of carbonyl (C=O) groups excluding carboxylic acids is 1. The molecule has 0 spiro atoms. The fourth-order valence-electron chi connectivity index (χ4n) is 1.87. The highest BCUT2D eigenvalue weighted by atomic mass is 16.7. The van der Waals surface area contributed by atoms with E-state index in [0.717, 1.165) is 25.7 Å². The summed E-state index contributed by atoms with van der Waals surface area (Å²) in [4.78, 5) is 17.2. The van der Waals surface area contributed by atoms with Gasteiger partial charge in [-0.25, -0.2) is 5.06 Å². The lowest BCUT2D eigenvalue weighted by Gasteiger charge is -2.23. The molecule has 0 aliphatic rings. The molecule has 1 atom stereocenters. The largest absolute Gasteiger partial charge is 0.275 e. The Labute approximate surface area is 105 Å². The molecule has 0 heterocycles. The molecule has 0 aliphatic heterocycles. The summed E-state index contributed by atoms with van der Waals surface area (Å²) in [5, 5.41) is 1.31. The van der Waals surface area contributed by atoms with Gasteiger partial charge in [-0.05, 0) is 26.2 Å². The number of hydroxylamine groups is 2. The molecule has 0 rings (SSSR count). The van der Waals surface area contributed by atoms with Crippen molar-refractivity contribution in [1.29, 1.82) is 0 Å². The normalized spacial score (nSPS) is 13.3. The van der Waals surface area contributed by atoms with Crippen molar-refractivity contribution in [3.05, 3.63) is 24.3 Å². The van der Waals surface area contributed by atoms with Crippen LogP contribution in [0.3, 0.4) is 0 Å². The van der Waals surface area contributed by atoms with Crippen molar-refractivity contribution >= 4 is 5.91 Å². The first kappa shape index (κ1) is 15.9. The zero-order valence-electron chi connectivity index (χ0n) is 11.5. The van der Waals surface area contributed by atoms with E-state index < -0.39 is 0 Å². The van der Waals surface area contributed by atoms with Gasteiger partial charge in [-0.3, -0.25) is 9.63 Å². The molecule has 1 amide bonds. The summed E-state index contributed by atoms with van der Waals surface area (Å²) in [5.74, 6) is -0.0567. The number of rotatable bonds is 8. The monoisotopic (exact) mass is 239 g/mol. The van der Waals surface area contributed by atoms with Crippen LogP contribution in [-0.2, 0) is 9.63 Å². The Kier molecular flexibility index (Phi) is 8.42. The van der Waals surface area contributed by atoms with Gasteiger partial charge in [0.15, 0.2) is 0 Å². The van der Waals surface area contributed by atoms with Gasteiger partial charge in [0.1, 0.15) is 0 Å². The summed E-state index contributed by atoms with van der Waals surface area (Å²) in [6, 6.07) is 0. The predicted octanol–water partition coefficient (Wildman–Crippen LogP) is 3.34. The molecule has 0 saturated carbocycles. The molecule has 0 aromatic heterocycles. The van der Waals surface area contributed by atoms with E-state index in [2.05, 4.69) is 19.6 Å². The van der Waals surface area contributed by atoms with Crippen LogP contribution in [0.15, 0.2) is 24.3 Å². The highest BCUT2D eigenvalue weighted by molar-refractivity contribution is 5.80. The Morgan fingerprint density at radius 2 is 2.18 bits per heavy atom. The second-order valence-corrected chi connectivity index (χ2v) is 4.05. The van der Waals surface area contributed by atoms with E-state index in [-0.39, 0.29) is 11.8 Å². The number of hydrogen-bond acceptors (Lipinski definition) is 2. The van der Waals surface area contributed by atoms with Crippen molar-refractivity contribution in [2.45, 2.75) is 39.5 Å². The summed E-state index contributed by atoms with van der Waals surface area (Å²) in [7, 11) is 3.17. The van der Waals surface area contributed by atoms with Gasteiger partial charge >= 0.3 is 0 Å². The van der Waals surface area contributed by atoms with Crippen molar-refractivity contribution in [3.8, 4) is 0 Å². The van der Waals surface area contributed by atoms with Gasteiger partial charge in [-0.2, -0.15) is 0 Å². The minimum atomic E-state index is -0.0806. The van der Waals surface area contributed by atoms with Gasteiger partial charge in [0.05, 0.1) is 13.0 Å². The fourth-order valence-corrected chi connectivity index (χ4v) is 1.87. The van der Waals surface area contributed by atoms with Crippen LogP contribution in [0.25, 0.3) is 0 Å². The molecule has 3 heteroatoms. The maximum atomic E-state index is 12.2. The van der Waals surface area contributed by atoms with Gasteiger partial charge in [0.2, 0.25) is 0 Å². The van der Waals surface area contributed by atoms with E-state index in [1.807, 2.05) is 13.0 Å². The summed E-state index contributed by atoms with van der Waals surface area (Å²) in [5.41, 5.74) is 1.20. The van der Waals surface area contributed by atoms with Crippen LogP contribution in [0.5, 0.6) is 0 Å². The molecule has 0 bridgehead atoms. The summed E-state index contributed by atoms with van der Waals surface area (Å²) in [6.45, 7) is 7.83. The van der Waals surface area contributed by atoms with Crippen LogP contribution in [0.2, 0.25) is 0 Å². The molecular weight excluding hydrogens is 214 g/mol. The lowest BCUT2D eigenvalue weighted by Crippen LogP contribution is -2.33. The van der Waals surface area contributed by atoms with E-state index >= 15 is 0 Å². The van der Waals surface area contributed by atoms with Gasteiger partial charge in [0.25, 0.3) is 5.91 Å². The van der Waals surface area contributed by atoms with Gasteiger partial charge < -0.3 is 0 Å². The Hall–Kier alpha value is -1.09. The third-order valence-corrected chi connectivity index (χ3v) is 2.90. The third kappa shape index (κ3) is 5.18. The molecule has 17 heavy (non-hydrogen) atoms. The first-order valence-electron chi connectivity index (χ1n) is 6.19. The Morgan fingerprint density at radius 3 is 2.59 bits per heavy atom. The van der Waals surface area contributed by atoms with Crippen molar-refractivity contribution < 1.29 is 9.63 Å². The SMILES string of the molecule is C=CCCC(C(=O)N(C)OC)/C(=C/C)CCC. The fraction of sp³-hybridized carbons (Fsp3) is 0.643. The highest BCUT2D eigenvalue weighted by Crippen LogP contribution is 2.24. The van der Waals surface area contributed by atoms with Crippen LogP contribution < -0.4 is 0 Å². The number of allylic oxidation sites excluding steroid dienone is 2. The van der Waals surface area contributed by atoms with Crippen LogP contribution >= 0.6 is 0 Å². The minimum Gasteiger partial charge on any atom is -0.275 e. The number of hydrogen-bond donors (Lipinski definition) is 0. The van der Waals surface area contributed by atoms with Crippen LogP contribution in [0.4, 0.5) is 0 Å².